The summed E-state index contributed by atoms with van der Waals surface area (Å²) >= 11 is 15.7. The third kappa shape index (κ3) is 3.71. The van der Waals surface area contributed by atoms with E-state index in [1.54, 1.807) is 18.0 Å². The third-order valence-corrected chi connectivity index (χ3v) is 4.85. The standard InChI is InChI=1S/C11H7Cl2IN2S/c12-7-3-1-2-4-9(7)17-6-10-15-5-8(14)11(13)16-10/h1-5H,6H2. The maximum atomic E-state index is 6.06. The van der Waals surface area contributed by atoms with Gasteiger partial charge in [0.2, 0.25) is 0 Å². The summed E-state index contributed by atoms with van der Waals surface area (Å²) in [7, 11) is 0. The van der Waals surface area contributed by atoms with Crippen LogP contribution < -0.4 is 0 Å². The van der Waals surface area contributed by atoms with Crippen molar-refractivity contribution in [3.05, 3.63) is 50.0 Å². The Bertz CT molecular complexity index is 537. The highest BCUT2D eigenvalue weighted by Crippen LogP contribution is 2.28. The van der Waals surface area contributed by atoms with Crippen molar-refractivity contribution in [2.24, 2.45) is 0 Å². The van der Waals surface area contributed by atoms with Crippen LogP contribution in [0.5, 0.6) is 0 Å². The quantitative estimate of drug-likeness (QED) is 0.428. The molecule has 0 radical (unpaired) electrons. The van der Waals surface area contributed by atoms with Crippen molar-refractivity contribution in [3.8, 4) is 0 Å². The second-order valence-corrected chi connectivity index (χ2v) is 6.09. The van der Waals surface area contributed by atoms with Crippen LogP contribution in [0.15, 0.2) is 35.4 Å². The first-order valence-corrected chi connectivity index (χ1v) is 7.53. The molecule has 17 heavy (non-hydrogen) atoms. The number of thioether (sulfide) groups is 1. The minimum absolute atomic E-state index is 0.496. The predicted octanol–water partition coefficient (Wildman–Crippen LogP) is 4.68. The van der Waals surface area contributed by atoms with Crippen LogP contribution >= 0.6 is 57.6 Å². The second-order valence-electron chi connectivity index (χ2n) is 3.14. The fraction of sp³-hybridized carbons (Fsp3) is 0.0909. The number of hydrogen-bond acceptors (Lipinski definition) is 3. The molecule has 2 nitrogen and oxygen atoms in total. The Morgan fingerprint density at radius 2 is 2.00 bits per heavy atom. The maximum absolute atomic E-state index is 6.06. The van der Waals surface area contributed by atoms with E-state index in [4.69, 9.17) is 23.2 Å². The van der Waals surface area contributed by atoms with Gasteiger partial charge in [0.05, 0.1) is 14.3 Å². The Balaban J connectivity index is 2.08. The van der Waals surface area contributed by atoms with Gasteiger partial charge in [-0.1, -0.05) is 35.3 Å². The zero-order chi connectivity index (χ0) is 12.3. The number of aromatic nitrogens is 2. The minimum Gasteiger partial charge on any atom is -0.239 e. The summed E-state index contributed by atoms with van der Waals surface area (Å²) in [4.78, 5) is 9.44. The van der Waals surface area contributed by atoms with Gasteiger partial charge >= 0.3 is 0 Å². The highest BCUT2D eigenvalue weighted by Gasteiger charge is 2.05. The van der Waals surface area contributed by atoms with Crippen molar-refractivity contribution in [1.29, 1.82) is 0 Å². The van der Waals surface area contributed by atoms with E-state index in [-0.39, 0.29) is 0 Å². The average molecular weight is 397 g/mol. The first kappa shape index (κ1) is 13.4. The molecule has 0 aliphatic rings. The van der Waals surface area contributed by atoms with Crippen molar-refractivity contribution in [2.75, 3.05) is 0 Å². The summed E-state index contributed by atoms with van der Waals surface area (Å²) in [5.41, 5.74) is 0. The summed E-state index contributed by atoms with van der Waals surface area (Å²) < 4.78 is 0.857. The zero-order valence-corrected chi connectivity index (χ0v) is 13.0. The maximum Gasteiger partial charge on any atom is 0.146 e. The molecule has 0 N–H and O–H groups in total. The number of benzene rings is 1. The van der Waals surface area contributed by atoms with Crippen LogP contribution in [0.1, 0.15) is 5.82 Å². The number of rotatable bonds is 3. The molecule has 0 unspecified atom stereocenters. The molecule has 6 heteroatoms. The van der Waals surface area contributed by atoms with Gasteiger partial charge in [-0.3, -0.25) is 0 Å². The van der Waals surface area contributed by atoms with Gasteiger partial charge in [-0.15, -0.1) is 11.8 Å². The van der Waals surface area contributed by atoms with Crippen LogP contribution in [0.25, 0.3) is 0 Å². The molecular formula is C11H7Cl2IN2S. The Hall–Kier alpha value is -0.0400. The lowest BCUT2D eigenvalue weighted by atomic mass is 10.4. The van der Waals surface area contributed by atoms with Crippen molar-refractivity contribution >= 4 is 57.6 Å². The first-order valence-electron chi connectivity index (χ1n) is 4.71. The van der Waals surface area contributed by atoms with Crippen LogP contribution in [0.2, 0.25) is 10.2 Å². The SMILES string of the molecule is Clc1ccccc1SCc1ncc(I)c(Cl)n1. The average Bonchev–Trinajstić information content (AvgIpc) is 2.32. The fourth-order valence-corrected chi connectivity index (χ4v) is 2.66. The second kappa shape index (κ2) is 6.22. The van der Waals surface area contributed by atoms with Gasteiger partial charge in [0, 0.05) is 11.1 Å². The van der Waals surface area contributed by atoms with E-state index in [0.29, 0.717) is 16.7 Å². The van der Waals surface area contributed by atoms with Crippen molar-refractivity contribution in [3.63, 3.8) is 0 Å². The van der Waals surface area contributed by atoms with Gasteiger partial charge in [-0.25, -0.2) is 9.97 Å². The lowest BCUT2D eigenvalue weighted by Crippen LogP contribution is -1.94. The van der Waals surface area contributed by atoms with Crippen LogP contribution in [-0.2, 0) is 5.75 Å². The normalized spacial score (nSPS) is 10.5. The van der Waals surface area contributed by atoms with Gasteiger partial charge in [0.1, 0.15) is 11.0 Å². The molecule has 0 amide bonds. The van der Waals surface area contributed by atoms with Crippen LogP contribution in [0, 0.1) is 3.57 Å². The molecule has 1 aromatic carbocycles. The summed E-state index contributed by atoms with van der Waals surface area (Å²) in [5.74, 6) is 1.36. The smallest absolute Gasteiger partial charge is 0.146 e. The summed E-state index contributed by atoms with van der Waals surface area (Å²) in [6.07, 6.45) is 1.72. The Kier molecular flexibility index (Phi) is 4.90. The first-order chi connectivity index (χ1) is 8.16. The van der Waals surface area contributed by atoms with E-state index in [1.807, 2.05) is 24.3 Å². The van der Waals surface area contributed by atoms with E-state index in [9.17, 15) is 0 Å². The molecular weight excluding hydrogens is 390 g/mol. The van der Waals surface area contributed by atoms with Gasteiger partial charge in [-0.2, -0.15) is 0 Å². The molecule has 1 heterocycles. The molecule has 0 aliphatic heterocycles. The topological polar surface area (TPSA) is 25.8 Å². The van der Waals surface area contributed by atoms with E-state index < -0.39 is 0 Å². The lowest BCUT2D eigenvalue weighted by Gasteiger charge is -2.03. The van der Waals surface area contributed by atoms with Crippen molar-refractivity contribution in [1.82, 2.24) is 9.97 Å². The molecule has 0 atom stereocenters. The van der Waals surface area contributed by atoms with Crippen molar-refractivity contribution < 1.29 is 0 Å². The Morgan fingerprint density at radius 3 is 2.71 bits per heavy atom. The molecule has 0 saturated carbocycles. The number of halogens is 3. The number of hydrogen-bond donors (Lipinski definition) is 0. The van der Waals surface area contributed by atoms with Gasteiger partial charge in [-0.05, 0) is 34.7 Å². The molecule has 0 spiro atoms. The third-order valence-electron chi connectivity index (χ3n) is 1.94. The Morgan fingerprint density at radius 1 is 1.24 bits per heavy atom. The largest absolute Gasteiger partial charge is 0.239 e. The summed E-state index contributed by atoms with van der Waals surface area (Å²) in [6, 6.07) is 7.70. The lowest BCUT2D eigenvalue weighted by molar-refractivity contribution is 1.02. The molecule has 0 saturated heterocycles. The molecule has 0 fully saturated rings. The van der Waals surface area contributed by atoms with Crippen molar-refractivity contribution in [2.45, 2.75) is 10.6 Å². The van der Waals surface area contributed by atoms with Crippen LogP contribution in [0.3, 0.4) is 0 Å². The molecule has 2 rings (SSSR count). The highest BCUT2D eigenvalue weighted by atomic mass is 127. The van der Waals surface area contributed by atoms with Gasteiger partial charge in [0.25, 0.3) is 0 Å². The molecule has 88 valence electrons. The van der Waals surface area contributed by atoms with Crippen LogP contribution in [0.4, 0.5) is 0 Å². The van der Waals surface area contributed by atoms with E-state index in [0.717, 1.165) is 13.5 Å². The Labute approximate surface area is 127 Å². The van der Waals surface area contributed by atoms with E-state index in [1.165, 1.54) is 0 Å². The van der Waals surface area contributed by atoms with Gasteiger partial charge < -0.3 is 0 Å². The van der Waals surface area contributed by atoms with Gasteiger partial charge in [0.15, 0.2) is 0 Å². The van der Waals surface area contributed by atoms with Crippen LogP contribution in [-0.4, -0.2) is 9.97 Å². The molecule has 0 bridgehead atoms. The monoisotopic (exact) mass is 396 g/mol. The highest BCUT2D eigenvalue weighted by molar-refractivity contribution is 14.1. The van der Waals surface area contributed by atoms with E-state index in [2.05, 4.69) is 32.6 Å². The molecule has 2 aromatic rings. The molecule has 1 aromatic heterocycles. The zero-order valence-electron chi connectivity index (χ0n) is 8.53. The number of nitrogens with zero attached hydrogens (tertiary/aromatic N) is 2. The fourth-order valence-electron chi connectivity index (χ4n) is 1.15. The predicted molar refractivity (Wildman–Crippen MR) is 80.8 cm³/mol. The molecule has 0 aliphatic carbocycles. The summed E-state index contributed by atoms with van der Waals surface area (Å²) in [6.45, 7) is 0. The summed E-state index contributed by atoms with van der Waals surface area (Å²) in [5, 5.41) is 1.24. The van der Waals surface area contributed by atoms with E-state index >= 15 is 0 Å². The minimum atomic E-state index is 0.496.